The van der Waals surface area contributed by atoms with Crippen molar-refractivity contribution in [1.82, 2.24) is 4.31 Å². The second kappa shape index (κ2) is 5.79. The number of morpholine rings is 1. The summed E-state index contributed by atoms with van der Waals surface area (Å²) in [4.78, 5) is 0.221. The SMILES string of the molecule is CCc1ccc(N)cc1S(=O)(=O)N1CCOC(C#N)C1. The van der Waals surface area contributed by atoms with Crippen LogP contribution < -0.4 is 5.73 Å². The van der Waals surface area contributed by atoms with Gasteiger partial charge in [0.25, 0.3) is 0 Å². The molecule has 0 aromatic heterocycles. The summed E-state index contributed by atoms with van der Waals surface area (Å²) >= 11 is 0. The molecule has 7 heteroatoms. The summed E-state index contributed by atoms with van der Waals surface area (Å²) in [5.74, 6) is 0. The van der Waals surface area contributed by atoms with Gasteiger partial charge in [0.2, 0.25) is 10.0 Å². The summed E-state index contributed by atoms with van der Waals surface area (Å²) in [5.41, 5.74) is 6.83. The van der Waals surface area contributed by atoms with Crippen LogP contribution in [0.3, 0.4) is 0 Å². The second-order valence-electron chi connectivity index (χ2n) is 4.57. The number of ether oxygens (including phenoxy) is 1. The molecule has 1 fully saturated rings. The van der Waals surface area contributed by atoms with Crippen LogP contribution in [0.15, 0.2) is 23.1 Å². The number of nitrogen functional groups attached to an aromatic ring is 1. The van der Waals surface area contributed by atoms with Crippen LogP contribution in [0.5, 0.6) is 0 Å². The van der Waals surface area contributed by atoms with Crippen LogP contribution in [0, 0.1) is 11.3 Å². The lowest BCUT2D eigenvalue weighted by Gasteiger charge is -2.29. The first kappa shape index (κ1) is 14.8. The van der Waals surface area contributed by atoms with Crippen molar-refractivity contribution in [3.05, 3.63) is 23.8 Å². The largest absolute Gasteiger partial charge is 0.399 e. The average Bonchev–Trinajstić information content (AvgIpc) is 2.47. The molecular formula is C13H17N3O3S. The standard InChI is InChI=1S/C13H17N3O3S/c1-2-10-3-4-11(15)7-13(10)20(17,18)16-5-6-19-12(8-14)9-16/h3-4,7,12H,2,5-6,9,15H2,1H3. The molecule has 0 bridgehead atoms. The van der Waals surface area contributed by atoms with Crippen LogP contribution >= 0.6 is 0 Å². The molecule has 1 aromatic carbocycles. The van der Waals surface area contributed by atoms with E-state index >= 15 is 0 Å². The highest BCUT2D eigenvalue weighted by atomic mass is 32.2. The Kier molecular flexibility index (Phi) is 4.28. The first-order valence-corrected chi connectivity index (χ1v) is 7.82. The van der Waals surface area contributed by atoms with E-state index in [1.807, 2.05) is 13.0 Å². The third-order valence-electron chi connectivity index (χ3n) is 3.26. The van der Waals surface area contributed by atoms with E-state index in [1.165, 1.54) is 10.4 Å². The van der Waals surface area contributed by atoms with Crippen molar-refractivity contribution in [2.75, 3.05) is 25.4 Å². The predicted octanol–water partition coefficient (Wildman–Crippen LogP) is 0.744. The van der Waals surface area contributed by atoms with Gasteiger partial charge >= 0.3 is 0 Å². The number of aryl methyl sites for hydroxylation is 1. The summed E-state index contributed by atoms with van der Waals surface area (Å²) in [6.07, 6.45) is -0.120. The van der Waals surface area contributed by atoms with Crippen molar-refractivity contribution < 1.29 is 13.2 Å². The van der Waals surface area contributed by atoms with Crippen molar-refractivity contribution >= 4 is 15.7 Å². The average molecular weight is 295 g/mol. The molecule has 0 aliphatic carbocycles. The van der Waals surface area contributed by atoms with E-state index < -0.39 is 16.1 Å². The van der Waals surface area contributed by atoms with Gasteiger partial charge in [0.15, 0.2) is 6.10 Å². The van der Waals surface area contributed by atoms with Crippen molar-refractivity contribution in [3.63, 3.8) is 0 Å². The smallest absolute Gasteiger partial charge is 0.243 e. The molecular weight excluding hydrogens is 278 g/mol. The van der Waals surface area contributed by atoms with Gasteiger partial charge in [-0.15, -0.1) is 0 Å². The minimum absolute atomic E-state index is 0.0524. The van der Waals surface area contributed by atoms with Gasteiger partial charge in [0, 0.05) is 12.2 Å². The third kappa shape index (κ3) is 2.77. The minimum atomic E-state index is -3.65. The van der Waals surface area contributed by atoms with E-state index in [1.54, 1.807) is 12.1 Å². The van der Waals surface area contributed by atoms with Gasteiger partial charge in [-0.3, -0.25) is 0 Å². The van der Waals surface area contributed by atoms with Crippen LogP contribution in [-0.4, -0.2) is 38.5 Å². The molecule has 1 saturated heterocycles. The quantitative estimate of drug-likeness (QED) is 0.830. The molecule has 1 aliphatic heterocycles. The van der Waals surface area contributed by atoms with Gasteiger partial charge in [-0.2, -0.15) is 9.57 Å². The van der Waals surface area contributed by atoms with Gasteiger partial charge in [-0.05, 0) is 24.1 Å². The monoisotopic (exact) mass is 295 g/mol. The fourth-order valence-electron chi connectivity index (χ4n) is 2.16. The van der Waals surface area contributed by atoms with E-state index in [2.05, 4.69) is 0 Å². The Hall–Kier alpha value is -1.62. The fraction of sp³-hybridized carbons (Fsp3) is 0.462. The Labute approximate surface area is 118 Å². The van der Waals surface area contributed by atoms with Gasteiger partial charge < -0.3 is 10.5 Å². The zero-order valence-electron chi connectivity index (χ0n) is 11.2. The Morgan fingerprint density at radius 1 is 1.55 bits per heavy atom. The first-order chi connectivity index (χ1) is 9.48. The molecule has 108 valence electrons. The van der Waals surface area contributed by atoms with E-state index in [4.69, 9.17) is 15.7 Å². The first-order valence-electron chi connectivity index (χ1n) is 6.38. The highest BCUT2D eigenvalue weighted by molar-refractivity contribution is 7.89. The van der Waals surface area contributed by atoms with Gasteiger partial charge in [0.1, 0.15) is 0 Å². The Morgan fingerprint density at radius 2 is 2.30 bits per heavy atom. The summed E-state index contributed by atoms with van der Waals surface area (Å²) in [6, 6.07) is 6.84. The summed E-state index contributed by atoms with van der Waals surface area (Å²) in [6.45, 7) is 2.42. The molecule has 2 N–H and O–H groups in total. The molecule has 1 atom stereocenters. The number of sulfonamides is 1. The summed E-state index contributed by atoms with van der Waals surface area (Å²) in [5, 5.41) is 8.87. The minimum Gasteiger partial charge on any atom is -0.399 e. The maximum Gasteiger partial charge on any atom is 0.243 e. The summed E-state index contributed by atoms with van der Waals surface area (Å²) in [7, 11) is -3.65. The Morgan fingerprint density at radius 3 is 2.95 bits per heavy atom. The Bertz CT molecular complexity index is 637. The number of nitriles is 1. The normalized spacial score (nSPS) is 20.5. The van der Waals surface area contributed by atoms with Gasteiger partial charge in [-0.1, -0.05) is 13.0 Å². The molecule has 20 heavy (non-hydrogen) atoms. The molecule has 0 saturated carbocycles. The van der Waals surface area contributed by atoms with Crippen LogP contribution in [0.25, 0.3) is 0 Å². The van der Waals surface area contributed by atoms with E-state index in [0.29, 0.717) is 12.1 Å². The number of nitrogens with two attached hydrogens (primary N) is 1. The van der Waals surface area contributed by atoms with E-state index in [-0.39, 0.29) is 24.6 Å². The predicted molar refractivity (Wildman–Crippen MR) is 74.3 cm³/mol. The number of nitrogens with zero attached hydrogens (tertiary/aromatic N) is 2. The molecule has 0 radical (unpaired) electrons. The number of hydrogen-bond donors (Lipinski definition) is 1. The van der Waals surface area contributed by atoms with Crippen molar-refractivity contribution in [1.29, 1.82) is 5.26 Å². The van der Waals surface area contributed by atoms with E-state index in [0.717, 1.165) is 5.56 Å². The van der Waals surface area contributed by atoms with Crippen LogP contribution in [0.2, 0.25) is 0 Å². The molecule has 1 heterocycles. The van der Waals surface area contributed by atoms with E-state index in [9.17, 15) is 8.42 Å². The molecule has 1 unspecified atom stereocenters. The molecule has 6 nitrogen and oxygen atoms in total. The third-order valence-corrected chi connectivity index (χ3v) is 5.21. The number of hydrogen-bond acceptors (Lipinski definition) is 5. The van der Waals surface area contributed by atoms with Crippen molar-refractivity contribution in [3.8, 4) is 6.07 Å². The number of anilines is 1. The lowest BCUT2D eigenvalue weighted by molar-refractivity contribution is 0.0311. The van der Waals surface area contributed by atoms with Crippen molar-refractivity contribution in [2.24, 2.45) is 0 Å². The molecule has 0 spiro atoms. The van der Waals surface area contributed by atoms with Crippen LogP contribution in [0.1, 0.15) is 12.5 Å². The molecule has 2 rings (SSSR count). The fourth-order valence-corrected chi connectivity index (χ4v) is 3.92. The number of rotatable bonds is 3. The van der Waals surface area contributed by atoms with Crippen LogP contribution in [0.4, 0.5) is 5.69 Å². The number of benzene rings is 1. The highest BCUT2D eigenvalue weighted by Gasteiger charge is 2.32. The summed E-state index contributed by atoms with van der Waals surface area (Å²) < 4.78 is 31.8. The van der Waals surface area contributed by atoms with Crippen LogP contribution in [-0.2, 0) is 21.2 Å². The van der Waals surface area contributed by atoms with Crippen molar-refractivity contribution in [2.45, 2.75) is 24.3 Å². The van der Waals surface area contributed by atoms with Gasteiger partial charge in [-0.25, -0.2) is 8.42 Å². The zero-order chi connectivity index (χ0) is 14.8. The molecule has 1 aliphatic rings. The molecule has 0 amide bonds. The Balaban J connectivity index is 2.40. The topological polar surface area (TPSA) is 96.4 Å². The molecule has 1 aromatic rings. The lowest BCUT2D eigenvalue weighted by Crippen LogP contribution is -2.45. The van der Waals surface area contributed by atoms with Gasteiger partial charge in [0.05, 0.1) is 24.1 Å². The maximum absolute atomic E-state index is 12.7. The lowest BCUT2D eigenvalue weighted by atomic mass is 10.1. The maximum atomic E-state index is 12.7. The highest BCUT2D eigenvalue weighted by Crippen LogP contribution is 2.24. The second-order valence-corrected chi connectivity index (χ2v) is 6.48. The zero-order valence-corrected chi connectivity index (χ0v) is 12.1.